The van der Waals surface area contributed by atoms with E-state index in [9.17, 15) is 5.11 Å². The number of phenols is 1. The zero-order valence-corrected chi connectivity index (χ0v) is 20.9. The molecule has 1 aliphatic heterocycles. The number of aromatic hydroxyl groups is 1. The Morgan fingerprint density at radius 2 is 1.54 bits per heavy atom. The average Bonchev–Trinajstić information content (AvgIpc) is 3.29. The fourth-order valence-electron chi connectivity index (χ4n) is 4.79. The van der Waals surface area contributed by atoms with Crippen molar-refractivity contribution in [2.75, 3.05) is 31.1 Å². The Labute approximate surface area is 213 Å². The zero-order valence-electron chi connectivity index (χ0n) is 19.4. The highest BCUT2D eigenvalue weighted by molar-refractivity contribution is 6.38. The van der Waals surface area contributed by atoms with E-state index in [1.54, 1.807) is 24.5 Å². The minimum atomic E-state index is -0.262. The van der Waals surface area contributed by atoms with Crippen LogP contribution >= 0.6 is 23.2 Å². The first kappa shape index (κ1) is 23.5. The van der Waals surface area contributed by atoms with E-state index in [1.807, 2.05) is 22.9 Å². The van der Waals surface area contributed by atoms with Crippen molar-refractivity contribution in [2.24, 2.45) is 0 Å². The molecule has 4 aromatic rings. The average molecular weight is 510 g/mol. The molecular weight excluding hydrogens is 485 g/mol. The van der Waals surface area contributed by atoms with Gasteiger partial charge in [-0.25, -0.2) is 0 Å². The molecule has 8 nitrogen and oxygen atoms in total. The molecule has 0 bridgehead atoms. The van der Waals surface area contributed by atoms with E-state index < -0.39 is 0 Å². The Morgan fingerprint density at radius 3 is 2.20 bits per heavy atom. The zero-order chi connectivity index (χ0) is 24.5. The van der Waals surface area contributed by atoms with Gasteiger partial charge >= 0.3 is 0 Å². The molecule has 1 atom stereocenters. The van der Waals surface area contributed by atoms with Crippen LogP contribution in [0.2, 0.25) is 10.0 Å². The largest absolute Gasteiger partial charge is 0.508 e. The third-order valence-corrected chi connectivity index (χ3v) is 6.95. The van der Waals surface area contributed by atoms with Crippen LogP contribution in [0.5, 0.6) is 5.75 Å². The smallest absolute Gasteiger partial charge is 0.178 e. The van der Waals surface area contributed by atoms with Gasteiger partial charge in [-0.3, -0.25) is 9.88 Å². The number of piperazine rings is 1. The van der Waals surface area contributed by atoms with Crippen LogP contribution in [0.1, 0.15) is 28.6 Å². The maximum absolute atomic E-state index is 10.3. The second kappa shape index (κ2) is 9.81. The molecule has 0 aliphatic carbocycles. The summed E-state index contributed by atoms with van der Waals surface area (Å²) in [4.78, 5) is 8.57. The summed E-state index contributed by atoms with van der Waals surface area (Å²) in [5, 5.41) is 24.2. The monoisotopic (exact) mass is 509 g/mol. The first-order valence-corrected chi connectivity index (χ1v) is 12.1. The van der Waals surface area contributed by atoms with Gasteiger partial charge in [-0.1, -0.05) is 53.5 Å². The van der Waals surface area contributed by atoms with Crippen LogP contribution < -0.4 is 4.90 Å². The van der Waals surface area contributed by atoms with E-state index in [0.29, 0.717) is 29.0 Å². The predicted molar refractivity (Wildman–Crippen MR) is 137 cm³/mol. The molecule has 180 valence electrons. The number of pyridine rings is 1. The molecule has 35 heavy (non-hydrogen) atoms. The van der Waals surface area contributed by atoms with Gasteiger partial charge in [0.25, 0.3) is 0 Å². The number of aryl methyl sites for hydroxylation is 2. The second-order valence-corrected chi connectivity index (χ2v) is 9.48. The van der Waals surface area contributed by atoms with E-state index in [1.165, 1.54) is 0 Å². The van der Waals surface area contributed by atoms with E-state index in [2.05, 4.69) is 56.3 Å². The lowest BCUT2D eigenvalue weighted by Crippen LogP contribution is -2.48. The summed E-state index contributed by atoms with van der Waals surface area (Å²) >= 11 is 12.8. The van der Waals surface area contributed by atoms with Gasteiger partial charge < -0.3 is 10.0 Å². The molecule has 5 rings (SSSR count). The number of para-hydroxylation sites is 1. The van der Waals surface area contributed by atoms with Crippen LogP contribution in [-0.4, -0.2) is 61.4 Å². The SMILES string of the molecule is Cc1cccc(C)c1-n1nnnc1C(c1cccc(O)c1)N1CCN(c2c(Cl)cncc2Cl)CC1. The number of anilines is 1. The number of hydrogen-bond donors (Lipinski definition) is 1. The Hall–Kier alpha value is -3.20. The molecule has 1 unspecified atom stereocenters. The minimum Gasteiger partial charge on any atom is -0.508 e. The van der Waals surface area contributed by atoms with Crippen LogP contribution in [0, 0.1) is 13.8 Å². The Kier molecular flexibility index (Phi) is 6.60. The maximum Gasteiger partial charge on any atom is 0.178 e. The maximum atomic E-state index is 10.3. The molecule has 0 saturated carbocycles. The van der Waals surface area contributed by atoms with Crippen LogP contribution in [0.25, 0.3) is 5.69 Å². The summed E-state index contributed by atoms with van der Waals surface area (Å²) in [7, 11) is 0. The molecule has 1 N–H and O–H groups in total. The van der Waals surface area contributed by atoms with Gasteiger partial charge in [0.15, 0.2) is 5.82 Å². The van der Waals surface area contributed by atoms with Gasteiger partial charge in [0.05, 0.1) is 27.5 Å². The minimum absolute atomic E-state index is 0.201. The number of benzene rings is 2. The van der Waals surface area contributed by atoms with Crippen molar-refractivity contribution in [1.82, 2.24) is 30.1 Å². The summed E-state index contributed by atoms with van der Waals surface area (Å²) in [5.74, 6) is 0.897. The molecule has 2 aromatic heterocycles. The highest BCUT2D eigenvalue weighted by atomic mass is 35.5. The number of hydrogen-bond acceptors (Lipinski definition) is 7. The summed E-state index contributed by atoms with van der Waals surface area (Å²) < 4.78 is 1.82. The molecule has 1 saturated heterocycles. The van der Waals surface area contributed by atoms with Crippen LogP contribution in [0.4, 0.5) is 5.69 Å². The van der Waals surface area contributed by atoms with Crippen molar-refractivity contribution < 1.29 is 5.11 Å². The molecule has 3 heterocycles. The Bertz CT molecular complexity index is 1310. The fourth-order valence-corrected chi connectivity index (χ4v) is 5.40. The summed E-state index contributed by atoms with van der Waals surface area (Å²) in [6.45, 7) is 6.97. The lowest BCUT2D eigenvalue weighted by atomic mass is 10.0. The highest BCUT2D eigenvalue weighted by Gasteiger charge is 2.32. The number of aromatic nitrogens is 5. The Balaban J connectivity index is 1.52. The van der Waals surface area contributed by atoms with Gasteiger partial charge in [0.1, 0.15) is 5.75 Å². The number of nitrogens with zero attached hydrogens (tertiary/aromatic N) is 7. The van der Waals surface area contributed by atoms with Gasteiger partial charge in [-0.05, 0) is 53.1 Å². The van der Waals surface area contributed by atoms with Crippen molar-refractivity contribution in [2.45, 2.75) is 19.9 Å². The van der Waals surface area contributed by atoms with E-state index in [-0.39, 0.29) is 11.8 Å². The topological polar surface area (TPSA) is 83.2 Å². The van der Waals surface area contributed by atoms with Crippen LogP contribution in [0.3, 0.4) is 0 Å². The third kappa shape index (κ3) is 4.57. The van der Waals surface area contributed by atoms with Gasteiger partial charge in [-0.2, -0.15) is 4.68 Å². The van der Waals surface area contributed by atoms with Gasteiger partial charge in [0, 0.05) is 38.6 Å². The fraction of sp³-hybridized carbons (Fsp3) is 0.280. The standard InChI is InChI=1S/C25H25Cl2N7O/c1-16-5-3-6-17(2)22(16)34-25(29-30-31-34)23(18-7-4-8-19(35)13-18)32-9-11-33(12-10-32)24-20(26)14-28-15-21(24)27/h3-8,13-15,23,35H,9-12H2,1-2H3. The summed E-state index contributed by atoms with van der Waals surface area (Å²) in [6, 6.07) is 13.2. The molecule has 1 fully saturated rings. The summed E-state index contributed by atoms with van der Waals surface area (Å²) in [6.07, 6.45) is 3.23. The van der Waals surface area contributed by atoms with E-state index in [4.69, 9.17) is 23.2 Å². The second-order valence-electron chi connectivity index (χ2n) is 8.66. The van der Waals surface area contributed by atoms with Crippen molar-refractivity contribution in [3.8, 4) is 11.4 Å². The van der Waals surface area contributed by atoms with Crippen molar-refractivity contribution in [3.05, 3.63) is 87.4 Å². The summed E-state index contributed by atoms with van der Waals surface area (Å²) in [5.41, 5.74) is 4.85. The van der Waals surface area contributed by atoms with Crippen LogP contribution in [-0.2, 0) is 0 Å². The van der Waals surface area contributed by atoms with Crippen molar-refractivity contribution in [3.63, 3.8) is 0 Å². The highest BCUT2D eigenvalue weighted by Crippen LogP contribution is 2.36. The van der Waals surface area contributed by atoms with Gasteiger partial charge in [0.2, 0.25) is 0 Å². The quantitative estimate of drug-likeness (QED) is 0.420. The first-order valence-electron chi connectivity index (χ1n) is 11.4. The molecule has 0 spiro atoms. The molecule has 0 amide bonds. The number of phenolic OH excluding ortho intramolecular Hbond substituents is 1. The lowest BCUT2D eigenvalue weighted by molar-refractivity contribution is 0.203. The molecule has 10 heteroatoms. The molecule has 0 radical (unpaired) electrons. The number of halogens is 2. The van der Waals surface area contributed by atoms with Crippen LogP contribution in [0.15, 0.2) is 54.9 Å². The van der Waals surface area contributed by atoms with Gasteiger partial charge in [-0.15, -0.1) is 5.10 Å². The number of rotatable bonds is 5. The van der Waals surface area contributed by atoms with E-state index >= 15 is 0 Å². The molecule has 1 aliphatic rings. The van der Waals surface area contributed by atoms with Crippen molar-refractivity contribution >= 4 is 28.9 Å². The molecular formula is C25H25Cl2N7O. The van der Waals surface area contributed by atoms with Crippen molar-refractivity contribution in [1.29, 1.82) is 0 Å². The normalized spacial score (nSPS) is 15.4. The lowest BCUT2D eigenvalue weighted by Gasteiger charge is -2.40. The van der Waals surface area contributed by atoms with E-state index in [0.717, 1.165) is 41.2 Å². The third-order valence-electron chi connectivity index (χ3n) is 6.40. The number of tetrazole rings is 1. The molecule has 2 aromatic carbocycles. The Morgan fingerprint density at radius 1 is 0.886 bits per heavy atom. The predicted octanol–water partition coefficient (Wildman–Crippen LogP) is 4.60. The first-order chi connectivity index (χ1) is 16.9.